The topological polar surface area (TPSA) is 54.8 Å². The lowest BCUT2D eigenvalue weighted by molar-refractivity contribution is 0.0514. The smallest absolute Gasteiger partial charge is 0.355 e. The number of aromatic nitrogens is 1. The average Bonchev–Trinajstić information content (AvgIpc) is 2.76. The predicted molar refractivity (Wildman–Crippen MR) is 93.5 cm³/mol. The lowest BCUT2D eigenvalue weighted by Gasteiger charge is -2.35. The molecule has 24 heavy (non-hydrogen) atoms. The van der Waals surface area contributed by atoms with Crippen LogP contribution in [0.4, 0.5) is 0 Å². The van der Waals surface area contributed by atoms with Crippen LogP contribution < -0.4 is 0 Å². The van der Waals surface area contributed by atoms with E-state index in [4.69, 9.17) is 4.74 Å². The first kappa shape index (κ1) is 18.5. The quantitative estimate of drug-likeness (QED) is 0.790. The number of esters is 1. The second-order valence-corrected chi connectivity index (χ2v) is 6.66. The molecule has 1 aromatic heterocycles. The van der Waals surface area contributed by atoms with Crippen molar-refractivity contribution in [2.75, 3.05) is 33.8 Å². The number of carbonyl (C=O) groups is 2. The van der Waals surface area contributed by atoms with Crippen molar-refractivity contribution >= 4 is 11.9 Å². The molecular weight excluding hydrogens is 306 g/mol. The van der Waals surface area contributed by atoms with Gasteiger partial charge in [0.2, 0.25) is 0 Å². The molecule has 0 spiro atoms. The van der Waals surface area contributed by atoms with Gasteiger partial charge in [-0.2, -0.15) is 0 Å². The Morgan fingerprint density at radius 3 is 2.33 bits per heavy atom. The molecule has 2 rings (SSSR count). The number of rotatable bonds is 4. The van der Waals surface area contributed by atoms with Gasteiger partial charge in [0.25, 0.3) is 5.91 Å². The number of hydrogen-bond acceptors (Lipinski definition) is 4. The van der Waals surface area contributed by atoms with E-state index in [1.165, 1.54) is 0 Å². The van der Waals surface area contributed by atoms with Crippen molar-refractivity contribution < 1.29 is 14.3 Å². The fourth-order valence-corrected chi connectivity index (χ4v) is 3.51. The van der Waals surface area contributed by atoms with Crippen molar-refractivity contribution in [3.05, 3.63) is 22.5 Å². The Kier molecular flexibility index (Phi) is 5.70. The van der Waals surface area contributed by atoms with Crippen LogP contribution in [0.1, 0.15) is 51.9 Å². The van der Waals surface area contributed by atoms with Gasteiger partial charge in [-0.05, 0) is 59.3 Å². The molecule has 1 aliphatic heterocycles. The number of nitrogens with zero attached hydrogens (tertiary/aromatic N) is 3. The van der Waals surface area contributed by atoms with Crippen LogP contribution in [0.2, 0.25) is 0 Å². The second kappa shape index (κ2) is 7.38. The van der Waals surface area contributed by atoms with Crippen LogP contribution in [0.15, 0.2) is 0 Å². The lowest BCUT2D eigenvalue weighted by Crippen LogP contribution is -2.44. The lowest BCUT2D eigenvalue weighted by atomic mass is 10.0. The summed E-state index contributed by atoms with van der Waals surface area (Å²) < 4.78 is 6.90. The standard InChI is InChI=1S/C18H29N3O3/c1-7-24-18(23)16-12(2)15(13(3)20(16)5)17(22)21(6)14-8-10-19(4)11-9-14/h14H,7-11H2,1-6H3. The van der Waals surface area contributed by atoms with E-state index in [9.17, 15) is 9.59 Å². The fraction of sp³-hybridized carbons (Fsp3) is 0.667. The van der Waals surface area contributed by atoms with Crippen LogP contribution in [0.5, 0.6) is 0 Å². The van der Waals surface area contributed by atoms with E-state index in [0.717, 1.165) is 31.6 Å². The molecule has 0 unspecified atom stereocenters. The minimum atomic E-state index is -0.374. The zero-order valence-electron chi connectivity index (χ0n) is 15.7. The van der Waals surface area contributed by atoms with Crippen LogP contribution in [0.25, 0.3) is 0 Å². The van der Waals surface area contributed by atoms with E-state index in [1.807, 2.05) is 25.8 Å². The Bertz CT molecular complexity index is 628. The Morgan fingerprint density at radius 2 is 1.79 bits per heavy atom. The summed E-state index contributed by atoms with van der Waals surface area (Å²) in [7, 11) is 5.78. The van der Waals surface area contributed by atoms with E-state index in [-0.39, 0.29) is 17.9 Å². The van der Waals surface area contributed by atoms with Crippen molar-refractivity contribution in [2.24, 2.45) is 7.05 Å². The third kappa shape index (κ3) is 3.34. The van der Waals surface area contributed by atoms with Crippen molar-refractivity contribution in [1.82, 2.24) is 14.4 Å². The van der Waals surface area contributed by atoms with Gasteiger partial charge in [0.05, 0.1) is 12.2 Å². The molecule has 0 bridgehead atoms. The van der Waals surface area contributed by atoms with Gasteiger partial charge in [0.1, 0.15) is 5.69 Å². The summed E-state index contributed by atoms with van der Waals surface area (Å²) in [6.07, 6.45) is 1.96. The summed E-state index contributed by atoms with van der Waals surface area (Å²) in [4.78, 5) is 29.4. The van der Waals surface area contributed by atoms with Crippen LogP contribution >= 0.6 is 0 Å². The van der Waals surface area contributed by atoms with Gasteiger partial charge in [-0.3, -0.25) is 4.79 Å². The Hall–Kier alpha value is -1.82. The fourth-order valence-electron chi connectivity index (χ4n) is 3.51. The van der Waals surface area contributed by atoms with Crippen molar-refractivity contribution in [2.45, 2.75) is 39.7 Å². The molecule has 1 aromatic rings. The largest absolute Gasteiger partial charge is 0.461 e. The van der Waals surface area contributed by atoms with Gasteiger partial charge in [-0.1, -0.05) is 0 Å². The molecule has 0 saturated carbocycles. The summed E-state index contributed by atoms with van der Waals surface area (Å²) in [6, 6.07) is 0.249. The SMILES string of the molecule is CCOC(=O)c1c(C)c(C(=O)N(C)C2CCN(C)CC2)c(C)n1C. The highest BCUT2D eigenvalue weighted by Gasteiger charge is 2.30. The molecule has 134 valence electrons. The molecule has 2 heterocycles. The number of amides is 1. The molecule has 0 atom stereocenters. The summed E-state index contributed by atoms with van der Waals surface area (Å²) in [5, 5.41) is 0. The molecule has 1 aliphatic rings. The van der Waals surface area contributed by atoms with Crippen LogP contribution in [0, 0.1) is 13.8 Å². The normalized spacial score (nSPS) is 16.2. The highest BCUT2D eigenvalue weighted by molar-refractivity contribution is 6.01. The second-order valence-electron chi connectivity index (χ2n) is 6.66. The maximum absolute atomic E-state index is 13.1. The molecule has 1 amide bonds. The van der Waals surface area contributed by atoms with Gasteiger partial charge in [0.15, 0.2) is 0 Å². The van der Waals surface area contributed by atoms with E-state index >= 15 is 0 Å². The van der Waals surface area contributed by atoms with Gasteiger partial charge in [0, 0.05) is 25.8 Å². The monoisotopic (exact) mass is 335 g/mol. The zero-order valence-corrected chi connectivity index (χ0v) is 15.7. The zero-order chi connectivity index (χ0) is 18.0. The third-order valence-corrected chi connectivity index (χ3v) is 5.17. The summed E-state index contributed by atoms with van der Waals surface area (Å²) >= 11 is 0. The first-order valence-electron chi connectivity index (χ1n) is 8.58. The molecule has 1 fully saturated rings. The summed E-state index contributed by atoms with van der Waals surface area (Å²) in [5.41, 5.74) is 2.61. The first-order chi connectivity index (χ1) is 11.3. The Morgan fingerprint density at radius 1 is 1.21 bits per heavy atom. The minimum absolute atomic E-state index is 0.00861. The highest BCUT2D eigenvalue weighted by Crippen LogP contribution is 2.25. The van der Waals surface area contributed by atoms with Crippen molar-refractivity contribution in [1.29, 1.82) is 0 Å². The highest BCUT2D eigenvalue weighted by atomic mass is 16.5. The third-order valence-electron chi connectivity index (χ3n) is 5.17. The first-order valence-corrected chi connectivity index (χ1v) is 8.58. The molecule has 6 heteroatoms. The van der Waals surface area contributed by atoms with Crippen molar-refractivity contribution in [3.8, 4) is 0 Å². The average molecular weight is 335 g/mol. The van der Waals surface area contributed by atoms with Crippen LogP contribution in [-0.4, -0.2) is 66.1 Å². The summed E-state index contributed by atoms with van der Waals surface area (Å²) in [5.74, 6) is -0.382. The minimum Gasteiger partial charge on any atom is -0.461 e. The van der Waals surface area contributed by atoms with Crippen LogP contribution in [-0.2, 0) is 11.8 Å². The van der Waals surface area contributed by atoms with Gasteiger partial charge in [-0.25, -0.2) is 4.79 Å². The van der Waals surface area contributed by atoms with Crippen molar-refractivity contribution in [3.63, 3.8) is 0 Å². The molecule has 0 radical (unpaired) electrons. The van der Waals surface area contributed by atoms with Gasteiger partial charge < -0.3 is 19.1 Å². The molecule has 0 aliphatic carbocycles. The maximum atomic E-state index is 13.1. The van der Waals surface area contributed by atoms with E-state index in [2.05, 4.69) is 11.9 Å². The van der Waals surface area contributed by atoms with Crippen LogP contribution in [0.3, 0.4) is 0 Å². The van der Waals surface area contributed by atoms with E-state index in [1.54, 1.807) is 18.5 Å². The molecule has 0 N–H and O–H groups in total. The van der Waals surface area contributed by atoms with Gasteiger partial charge >= 0.3 is 5.97 Å². The number of ether oxygens (including phenoxy) is 1. The Labute approximate surface area is 144 Å². The number of likely N-dealkylation sites (tertiary alicyclic amines) is 1. The molecule has 6 nitrogen and oxygen atoms in total. The molecule has 1 saturated heterocycles. The number of hydrogen-bond donors (Lipinski definition) is 0. The molecular formula is C18H29N3O3. The predicted octanol–water partition coefficient (Wildman–Crippen LogP) is 1.98. The molecule has 0 aromatic carbocycles. The van der Waals surface area contributed by atoms with E-state index < -0.39 is 0 Å². The number of piperidine rings is 1. The van der Waals surface area contributed by atoms with Gasteiger partial charge in [-0.15, -0.1) is 0 Å². The summed E-state index contributed by atoms with van der Waals surface area (Å²) in [6.45, 7) is 7.82. The maximum Gasteiger partial charge on any atom is 0.355 e. The van der Waals surface area contributed by atoms with E-state index in [0.29, 0.717) is 23.4 Å². The number of carbonyl (C=O) groups excluding carboxylic acids is 2. The Balaban J connectivity index is 2.29.